The monoisotopic (exact) mass is 385 g/mol. The third kappa shape index (κ3) is 4.20. The van der Waals surface area contributed by atoms with Crippen LogP contribution in [-0.2, 0) is 24.2 Å². The molecule has 0 N–H and O–H groups in total. The van der Waals surface area contributed by atoms with Crippen molar-refractivity contribution in [2.45, 2.75) is 43.4 Å². The Morgan fingerprint density at radius 2 is 1.96 bits per heavy atom. The normalized spacial score (nSPS) is 22.6. The minimum absolute atomic E-state index is 0.269. The van der Waals surface area contributed by atoms with Crippen molar-refractivity contribution >= 4 is 10.0 Å². The smallest absolute Gasteiger partial charge is 0.243 e. The number of piperidine rings is 1. The van der Waals surface area contributed by atoms with E-state index in [9.17, 15) is 8.42 Å². The van der Waals surface area contributed by atoms with Crippen LogP contribution < -0.4 is 4.74 Å². The summed E-state index contributed by atoms with van der Waals surface area (Å²) in [6, 6.07) is 4.71. The highest BCUT2D eigenvalue weighted by atomic mass is 32.2. The SMILES string of the molecule is COCCOc1ccc(S(=O)(=O)N2CCCC[C@@H]2C2OCCO2)cc1C. The van der Waals surface area contributed by atoms with Gasteiger partial charge in [-0.15, -0.1) is 0 Å². The van der Waals surface area contributed by atoms with Gasteiger partial charge in [0, 0.05) is 13.7 Å². The van der Waals surface area contributed by atoms with Crippen LogP contribution in [-0.4, -0.2) is 65.1 Å². The van der Waals surface area contributed by atoms with Crippen LogP contribution in [0.1, 0.15) is 24.8 Å². The maximum Gasteiger partial charge on any atom is 0.243 e. The van der Waals surface area contributed by atoms with Crippen LogP contribution in [0, 0.1) is 6.92 Å². The Kier molecular flexibility index (Phi) is 6.52. The van der Waals surface area contributed by atoms with Crippen molar-refractivity contribution < 1.29 is 27.4 Å². The Morgan fingerprint density at radius 3 is 2.65 bits per heavy atom. The third-order valence-corrected chi connectivity index (χ3v) is 6.68. The number of hydrogen-bond donors (Lipinski definition) is 0. The molecule has 0 unspecified atom stereocenters. The lowest BCUT2D eigenvalue weighted by Gasteiger charge is -2.36. The first-order valence-corrected chi connectivity index (χ1v) is 10.5. The molecule has 2 heterocycles. The molecule has 26 heavy (non-hydrogen) atoms. The quantitative estimate of drug-likeness (QED) is 0.668. The Bertz CT molecular complexity index is 702. The van der Waals surface area contributed by atoms with Crippen LogP contribution in [0.4, 0.5) is 0 Å². The maximum absolute atomic E-state index is 13.2. The number of nitrogens with zero attached hydrogens (tertiary/aromatic N) is 1. The van der Waals surface area contributed by atoms with Gasteiger partial charge in [0.05, 0.1) is 30.8 Å². The highest BCUT2D eigenvalue weighted by Gasteiger charge is 2.40. The predicted molar refractivity (Wildman–Crippen MR) is 95.8 cm³/mol. The van der Waals surface area contributed by atoms with Gasteiger partial charge in [-0.3, -0.25) is 0 Å². The number of benzene rings is 1. The van der Waals surface area contributed by atoms with Crippen molar-refractivity contribution in [1.82, 2.24) is 4.31 Å². The third-order valence-electron chi connectivity index (χ3n) is 4.76. The molecule has 146 valence electrons. The minimum Gasteiger partial charge on any atom is -0.491 e. The Morgan fingerprint density at radius 1 is 1.19 bits per heavy atom. The molecule has 0 radical (unpaired) electrons. The first-order valence-electron chi connectivity index (χ1n) is 9.01. The summed E-state index contributed by atoms with van der Waals surface area (Å²) in [6.45, 7) is 4.27. The van der Waals surface area contributed by atoms with Gasteiger partial charge in [0.25, 0.3) is 0 Å². The molecule has 2 aliphatic heterocycles. The van der Waals surface area contributed by atoms with Crippen LogP contribution in [0.15, 0.2) is 23.1 Å². The second kappa shape index (κ2) is 8.67. The van der Waals surface area contributed by atoms with Gasteiger partial charge in [-0.1, -0.05) is 6.42 Å². The summed E-state index contributed by atoms with van der Waals surface area (Å²) in [5.41, 5.74) is 0.782. The number of hydrogen-bond acceptors (Lipinski definition) is 6. The average molecular weight is 385 g/mol. The maximum atomic E-state index is 13.2. The molecule has 8 heteroatoms. The highest BCUT2D eigenvalue weighted by molar-refractivity contribution is 7.89. The Hall–Kier alpha value is -1.19. The van der Waals surface area contributed by atoms with Crippen molar-refractivity contribution in [1.29, 1.82) is 0 Å². The molecule has 1 aromatic carbocycles. The molecule has 1 atom stereocenters. The lowest BCUT2D eigenvalue weighted by molar-refractivity contribution is -0.0913. The largest absolute Gasteiger partial charge is 0.491 e. The summed E-state index contributed by atoms with van der Waals surface area (Å²) < 4.78 is 49.8. The van der Waals surface area contributed by atoms with Gasteiger partial charge in [0.2, 0.25) is 10.0 Å². The highest BCUT2D eigenvalue weighted by Crippen LogP contribution is 2.31. The van der Waals surface area contributed by atoms with E-state index in [0.717, 1.165) is 24.8 Å². The average Bonchev–Trinajstić information content (AvgIpc) is 3.18. The number of sulfonamides is 1. The summed E-state index contributed by atoms with van der Waals surface area (Å²) in [7, 11) is -2.01. The number of aryl methyl sites for hydroxylation is 1. The van der Waals surface area contributed by atoms with Crippen molar-refractivity contribution in [3.8, 4) is 5.75 Å². The Labute approximate surface area is 155 Å². The zero-order chi connectivity index (χ0) is 18.6. The summed E-state index contributed by atoms with van der Waals surface area (Å²) in [4.78, 5) is 0.277. The van der Waals surface area contributed by atoms with E-state index in [1.807, 2.05) is 6.92 Å². The molecular formula is C18H27NO6S. The first kappa shape index (κ1) is 19.6. The molecule has 0 saturated carbocycles. The summed E-state index contributed by atoms with van der Waals surface area (Å²) in [5, 5.41) is 0. The summed E-state index contributed by atoms with van der Waals surface area (Å²) in [5.74, 6) is 0.665. The van der Waals surface area contributed by atoms with Gasteiger partial charge in [-0.05, 0) is 43.5 Å². The van der Waals surface area contributed by atoms with Crippen molar-refractivity contribution in [2.75, 3.05) is 40.1 Å². The predicted octanol–water partition coefficient (Wildman–Crippen LogP) is 1.94. The van der Waals surface area contributed by atoms with E-state index >= 15 is 0 Å². The minimum atomic E-state index is -3.62. The van der Waals surface area contributed by atoms with Crippen LogP contribution in [0.2, 0.25) is 0 Å². The molecule has 0 aromatic heterocycles. The second-order valence-electron chi connectivity index (χ2n) is 6.56. The molecule has 2 fully saturated rings. The molecule has 0 aliphatic carbocycles. The fourth-order valence-corrected chi connectivity index (χ4v) is 5.18. The molecular weight excluding hydrogens is 358 g/mol. The number of methoxy groups -OCH3 is 1. The fraction of sp³-hybridized carbons (Fsp3) is 0.667. The topological polar surface area (TPSA) is 74.3 Å². The van der Waals surface area contributed by atoms with Crippen LogP contribution >= 0.6 is 0 Å². The van der Waals surface area contributed by atoms with Gasteiger partial charge >= 0.3 is 0 Å². The Balaban J connectivity index is 1.80. The van der Waals surface area contributed by atoms with Crippen LogP contribution in [0.25, 0.3) is 0 Å². The van der Waals surface area contributed by atoms with Gasteiger partial charge < -0.3 is 18.9 Å². The number of rotatable bonds is 7. The van der Waals surface area contributed by atoms with Gasteiger partial charge in [0.15, 0.2) is 6.29 Å². The standard InChI is InChI=1S/C18H27NO6S/c1-14-13-15(6-7-17(14)23-10-9-22-2)26(20,21)19-8-4-3-5-16(19)18-24-11-12-25-18/h6-7,13,16,18H,3-5,8-12H2,1-2H3/t16-/m1/s1. The van der Waals surface area contributed by atoms with E-state index < -0.39 is 16.3 Å². The molecule has 2 aliphatic rings. The van der Waals surface area contributed by atoms with Gasteiger partial charge in [0.1, 0.15) is 12.4 Å². The van der Waals surface area contributed by atoms with E-state index in [-0.39, 0.29) is 10.9 Å². The lowest BCUT2D eigenvalue weighted by atomic mass is 10.0. The zero-order valence-corrected chi connectivity index (χ0v) is 16.2. The van der Waals surface area contributed by atoms with Crippen LogP contribution in [0.3, 0.4) is 0 Å². The van der Waals surface area contributed by atoms with Crippen molar-refractivity contribution in [3.63, 3.8) is 0 Å². The van der Waals surface area contributed by atoms with E-state index in [1.165, 1.54) is 0 Å². The second-order valence-corrected chi connectivity index (χ2v) is 8.45. The van der Waals surface area contributed by atoms with Crippen LogP contribution in [0.5, 0.6) is 5.75 Å². The van der Waals surface area contributed by atoms with Crippen molar-refractivity contribution in [3.05, 3.63) is 23.8 Å². The zero-order valence-electron chi connectivity index (χ0n) is 15.3. The van der Waals surface area contributed by atoms with E-state index in [1.54, 1.807) is 29.6 Å². The summed E-state index contributed by atoms with van der Waals surface area (Å²) in [6.07, 6.45) is 2.11. The molecule has 3 rings (SSSR count). The van der Waals surface area contributed by atoms with Gasteiger partial charge in [-0.2, -0.15) is 4.31 Å². The molecule has 7 nitrogen and oxygen atoms in total. The molecule has 2 saturated heterocycles. The molecule has 0 spiro atoms. The molecule has 0 bridgehead atoms. The molecule has 0 amide bonds. The number of ether oxygens (including phenoxy) is 4. The summed E-state index contributed by atoms with van der Waals surface area (Å²) >= 11 is 0. The first-order chi connectivity index (χ1) is 12.5. The van der Waals surface area contributed by atoms with E-state index in [2.05, 4.69) is 0 Å². The van der Waals surface area contributed by atoms with E-state index in [4.69, 9.17) is 18.9 Å². The van der Waals surface area contributed by atoms with E-state index in [0.29, 0.717) is 38.7 Å². The fourth-order valence-electron chi connectivity index (χ4n) is 3.41. The van der Waals surface area contributed by atoms with Crippen molar-refractivity contribution in [2.24, 2.45) is 0 Å². The molecule has 1 aromatic rings. The van der Waals surface area contributed by atoms with Gasteiger partial charge in [-0.25, -0.2) is 8.42 Å². The lowest BCUT2D eigenvalue weighted by Crippen LogP contribution is -2.50.